The molecule has 0 amide bonds. The summed E-state index contributed by atoms with van der Waals surface area (Å²) in [6, 6.07) is 6.46. The average Bonchev–Trinajstić information content (AvgIpc) is 2.08. The van der Waals surface area contributed by atoms with Crippen molar-refractivity contribution in [1.82, 2.24) is 4.98 Å². The summed E-state index contributed by atoms with van der Waals surface area (Å²) >= 11 is 3.36. The number of rotatable bonds is 0. The van der Waals surface area contributed by atoms with E-state index in [0.717, 1.165) is 21.1 Å². The largest absolute Gasteiger partial charge is 0.252 e. The summed E-state index contributed by atoms with van der Waals surface area (Å²) in [5, 5.41) is 0.817. The third-order valence-electron chi connectivity index (χ3n) is 1.91. The van der Waals surface area contributed by atoms with Gasteiger partial charge in [-0.05, 0) is 47.1 Å². The zero-order chi connectivity index (χ0) is 9.42. The van der Waals surface area contributed by atoms with E-state index in [0.29, 0.717) is 0 Å². The second-order valence-electron chi connectivity index (χ2n) is 2.89. The minimum absolute atomic E-state index is 0.231. The molecule has 2 aromatic rings. The van der Waals surface area contributed by atoms with Gasteiger partial charge in [0.05, 0.1) is 11.2 Å². The lowest BCUT2D eigenvalue weighted by atomic mass is 10.2. The molecule has 1 heterocycles. The standard InChI is InChI=1S/C10H7BrFN/c1-6-9(11)5-7-4-8(12)2-3-10(7)13-6/h2-5H,1H3. The van der Waals surface area contributed by atoms with Gasteiger partial charge in [0.25, 0.3) is 0 Å². The molecular formula is C10H7BrFN. The second-order valence-corrected chi connectivity index (χ2v) is 3.75. The van der Waals surface area contributed by atoms with Crippen LogP contribution < -0.4 is 0 Å². The molecule has 0 aliphatic carbocycles. The fourth-order valence-electron chi connectivity index (χ4n) is 1.22. The number of nitrogens with zero attached hydrogens (tertiary/aromatic N) is 1. The van der Waals surface area contributed by atoms with Gasteiger partial charge in [0.1, 0.15) is 5.82 Å². The van der Waals surface area contributed by atoms with Crippen LogP contribution in [0.2, 0.25) is 0 Å². The van der Waals surface area contributed by atoms with Crippen LogP contribution in [0.15, 0.2) is 28.7 Å². The molecule has 1 nitrogen and oxygen atoms in total. The Morgan fingerprint density at radius 3 is 2.85 bits per heavy atom. The lowest BCUT2D eigenvalue weighted by molar-refractivity contribution is 0.629. The summed E-state index contributed by atoms with van der Waals surface area (Å²) in [5.41, 5.74) is 1.74. The predicted molar refractivity (Wildman–Crippen MR) is 54.1 cm³/mol. The first-order valence-corrected chi connectivity index (χ1v) is 4.68. The molecule has 0 saturated heterocycles. The molecule has 2 rings (SSSR count). The number of halogens is 2. The number of benzene rings is 1. The molecule has 3 heteroatoms. The zero-order valence-corrected chi connectivity index (χ0v) is 8.60. The second kappa shape index (κ2) is 3.07. The molecule has 1 aromatic carbocycles. The Bertz CT molecular complexity index is 468. The number of aryl methyl sites for hydroxylation is 1. The molecule has 0 bridgehead atoms. The molecule has 0 N–H and O–H groups in total. The van der Waals surface area contributed by atoms with Crippen molar-refractivity contribution < 1.29 is 4.39 Å². The van der Waals surface area contributed by atoms with Crippen LogP contribution in [-0.2, 0) is 0 Å². The SMILES string of the molecule is Cc1nc2ccc(F)cc2cc1Br. The molecule has 13 heavy (non-hydrogen) atoms. The molecule has 0 radical (unpaired) electrons. The van der Waals surface area contributed by atoms with Crippen LogP contribution in [0.4, 0.5) is 4.39 Å². The number of aromatic nitrogens is 1. The van der Waals surface area contributed by atoms with Crippen molar-refractivity contribution in [3.05, 3.63) is 40.2 Å². The molecule has 0 spiro atoms. The van der Waals surface area contributed by atoms with Crippen LogP contribution in [0.1, 0.15) is 5.69 Å². The van der Waals surface area contributed by atoms with E-state index < -0.39 is 0 Å². The van der Waals surface area contributed by atoms with Crippen molar-refractivity contribution in [2.24, 2.45) is 0 Å². The molecule has 0 aliphatic rings. The van der Waals surface area contributed by atoms with E-state index in [9.17, 15) is 4.39 Å². The number of pyridine rings is 1. The monoisotopic (exact) mass is 239 g/mol. The zero-order valence-electron chi connectivity index (χ0n) is 7.01. The highest BCUT2D eigenvalue weighted by Crippen LogP contribution is 2.21. The maximum atomic E-state index is 12.8. The van der Waals surface area contributed by atoms with Crippen LogP contribution in [0.5, 0.6) is 0 Å². The van der Waals surface area contributed by atoms with E-state index in [4.69, 9.17) is 0 Å². The third kappa shape index (κ3) is 1.56. The molecule has 1 aromatic heterocycles. The predicted octanol–water partition coefficient (Wildman–Crippen LogP) is 3.44. The van der Waals surface area contributed by atoms with Crippen molar-refractivity contribution in [1.29, 1.82) is 0 Å². The molecule has 0 fully saturated rings. The van der Waals surface area contributed by atoms with Crippen molar-refractivity contribution in [2.45, 2.75) is 6.92 Å². The van der Waals surface area contributed by atoms with Crippen molar-refractivity contribution in [3.8, 4) is 0 Å². The van der Waals surface area contributed by atoms with E-state index in [1.54, 1.807) is 6.07 Å². The fraction of sp³-hybridized carbons (Fsp3) is 0.100. The molecule has 0 unspecified atom stereocenters. The maximum absolute atomic E-state index is 12.8. The van der Waals surface area contributed by atoms with Crippen LogP contribution in [0.25, 0.3) is 10.9 Å². The smallest absolute Gasteiger partial charge is 0.123 e. The van der Waals surface area contributed by atoms with E-state index >= 15 is 0 Å². The van der Waals surface area contributed by atoms with Crippen LogP contribution in [-0.4, -0.2) is 4.98 Å². The highest BCUT2D eigenvalue weighted by Gasteiger charge is 2.01. The summed E-state index contributed by atoms with van der Waals surface area (Å²) in [6.07, 6.45) is 0. The summed E-state index contributed by atoms with van der Waals surface area (Å²) in [4.78, 5) is 4.30. The summed E-state index contributed by atoms with van der Waals surface area (Å²) in [5.74, 6) is -0.231. The first-order chi connectivity index (χ1) is 6.16. The Labute approximate surface area is 83.7 Å². The Balaban J connectivity index is 2.81. The Hall–Kier alpha value is -0.960. The lowest BCUT2D eigenvalue weighted by Gasteiger charge is -2.01. The van der Waals surface area contributed by atoms with Gasteiger partial charge in [-0.15, -0.1) is 0 Å². The fourth-order valence-corrected chi connectivity index (χ4v) is 1.55. The van der Waals surface area contributed by atoms with Gasteiger partial charge in [-0.3, -0.25) is 4.98 Å². The summed E-state index contributed by atoms with van der Waals surface area (Å²) in [7, 11) is 0. The van der Waals surface area contributed by atoms with E-state index in [1.165, 1.54) is 12.1 Å². The van der Waals surface area contributed by atoms with Crippen molar-refractivity contribution >= 4 is 26.8 Å². The van der Waals surface area contributed by atoms with Gasteiger partial charge in [0.2, 0.25) is 0 Å². The van der Waals surface area contributed by atoms with Crippen molar-refractivity contribution in [3.63, 3.8) is 0 Å². The molecule has 66 valence electrons. The molecular weight excluding hydrogens is 233 g/mol. The highest BCUT2D eigenvalue weighted by molar-refractivity contribution is 9.10. The number of hydrogen-bond donors (Lipinski definition) is 0. The minimum Gasteiger partial charge on any atom is -0.252 e. The van der Waals surface area contributed by atoms with Gasteiger partial charge in [0.15, 0.2) is 0 Å². The molecule has 0 aliphatic heterocycles. The van der Waals surface area contributed by atoms with Gasteiger partial charge in [-0.1, -0.05) is 0 Å². The first-order valence-electron chi connectivity index (χ1n) is 3.89. The minimum atomic E-state index is -0.231. The quantitative estimate of drug-likeness (QED) is 0.687. The van der Waals surface area contributed by atoms with Gasteiger partial charge < -0.3 is 0 Å². The van der Waals surface area contributed by atoms with Gasteiger partial charge >= 0.3 is 0 Å². The Kier molecular flexibility index (Phi) is 2.04. The molecule has 0 atom stereocenters. The van der Waals surface area contributed by atoms with Crippen LogP contribution >= 0.6 is 15.9 Å². The van der Waals surface area contributed by atoms with Crippen LogP contribution in [0, 0.1) is 12.7 Å². The van der Waals surface area contributed by atoms with Gasteiger partial charge in [0, 0.05) is 9.86 Å². The summed E-state index contributed by atoms with van der Waals surface area (Å²) in [6.45, 7) is 1.91. The Morgan fingerprint density at radius 2 is 2.08 bits per heavy atom. The lowest BCUT2D eigenvalue weighted by Crippen LogP contribution is -1.85. The van der Waals surface area contributed by atoms with Gasteiger partial charge in [-0.2, -0.15) is 0 Å². The van der Waals surface area contributed by atoms with Crippen LogP contribution in [0.3, 0.4) is 0 Å². The van der Waals surface area contributed by atoms with E-state index in [2.05, 4.69) is 20.9 Å². The topological polar surface area (TPSA) is 12.9 Å². The van der Waals surface area contributed by atoms with Crippen molar-refractivity contribution in [2.75, 3.05) is 0 Å². The van der Waals surface area contributed by atoms with Gasteiger partial charge in [-0.25, -0.2) is 4.39 Å². The number of hydrogen-bond acceptors (Lipinski definition) is 1. The van der Waals surface area contributed by atoms with E-state index in [1.807, 2.05) is 13.0 Å². The molecule has 0 saturated carbocycles. The number of fused-ring (bicyclic) bond motifs is 1. The first kappa shape index (κ1) is 8.63. The summed E-state index contributed by atoms with van der Waals surface area (Å²) < 4.78 is 13.7. The third-order valence-corrected chi connectivity index (χ3v) is 2.71. The maximum Gasteiger partial charge on any atom is 0.123 e. The highest BCUT2D eigenvalue weighted by atomic mass is 79.9. The van der Waals surface area contributed by atoms with E-state index in [-0.39, 0.29) is 5.82 Å². The normalized spacial score (nSPS) is 10.7. The Morgan fingerprint density at radius 1 is 1.31 bits per heavy atom. The average molecular weight is 240 g/mol.